The van der Waals surface area contributed by atoms with Crippen LogP contribution in [0.25, 0.3) is 0 Å². The first kappa shape index (κ1) is 9.99. The Hall–Kier alpha value is -1.09. The topological polar surface area (TPSA) is 35.2 Å². The predicted molar refractivity (Wildman–Crippen MR) is 58.4 cm³/mol. The van der Waals surface area contributed by atoms with E-state index < -0.39 is 0 Å². The summed E-state index contributed by atoms with van der Waals surface area (Å²) >= 11 is 4.95. The number of thiocarbonyl (C=S) groups is 1. The van der Waals surface area contributed by atoms with Crippen molar-refractivity contribution in [3.05, 3.63) is 28.8 Å². The number of nitrogens with two attached hydrogens (primary N) is 1. The Kier molecular flexibility index (Phi) is 2.88. The molecule has 0 amide bonds. The van der Waals surface area contributed by atoms with Crippen molar-refractivity contribution in [3.63, 3.8) is 0 Å². The summed E-state index contributed by atoms with van der Waals surface area (Å²) in [5.41, 5.74) is 8.67. The summed E-state index contributed by atoms with van der Waals surface area (Å²) in [6.45, 7) is 3.95. The Bertz CT molecular complexity index is 324. The van der Waals surface area contributed by atoms with E-state index in [0.717, 1.165) is 22.4 Å². The fraction of sp³-hybridized carbons (Fsp3) is 0.300. The average Bonchev–Trinajstić information content (AvgIpc) is 2.02. The van der Waals surface area contributed by atoms with Crippen LogP contribution in [0.1, 0.15) is 16.7 Å². The first-order chi connectivity index (χ1) is 6.06. The Labute approximate surface area is 83.7 Å². The number of hydrogen-bond acceptors (Lipinski definition) is 2. The molecule has 0 aromatic heterocycles. The van der Waals surface area contributed by atoms with Gasteiger partial charge in [-0.05, 0) is 37.1 Å². The van der Waals surface area contributed by atoms with Crippen molar-refractivity contribution in [1.82, 2.24) is 0 Å². The quantitative estimate of drug-likeness (QED) is 0.732. The molecule has 3 heteroatoms. The summed E-state index contributed by atoms with van der Waals surface area (Å²) < 4.78 is 5.13. The highest BCUT2D eigenvalue weighted by molar-refractivity contribution is 7.80. The zero-order valence-corrected chi connectivity index (χ0v) is 8.87. The van der Waals surface area contributed by atoms with Crippen molar-refractivity contribution in [3.8, 4) is 5.75 Å². The monoisotopic (exact) mass is 195 g/mol. The number of aryl methyl sites for hydroxylation is 2. The van der Waals surface area contributed by atoms with Gasteiger partial charge in [-0.3, -0.25) is 0 Å². The molecule has 0 atom stereocenters. The highest BCUT2D eigenvalue weighted by Crippen LogP contribution is 2.21. The maximum Gasteiger partial charge on any atom is 0.119 e. The molecule has 0 aliphatic heterocycles. The van der Waals surface area contributed by atoms with Gasteiger partial charge in [0.1, 0.15) is 10.7 Å². The second-order valence-corrected chi connectivity index (χ2v) is 3.44. The van der Waals surface area contributed by atoms with Gasteiger partial charge >= 0.3 is 0 Å². The smallest absolute Gasteiger partial charge is 0.119 e. The molecule has 0 aliphatic carbocycles. The number of ether oxygens (including phenoxy) is 1. The van der Waals surface area contributed by atoms with Crippen LogP contribution in [0.2, 0.25) is 0 Å². The minimum absolute atomic E-state index is 0.442. The Morgan fingerprint density at radius 2 is 1.77 bits per heavy atom. The SMILES string of the molecule is COc1cc(C)c(C(N)=S)c(C)c1. The number of hydrogen-bond donors (Lipinski definition) is 1. The van der Waals surface area contributed by atoms with Gasteiger partial charge in [-0.25, -0.2) is 0 Å². The van der Waals surface area contributed by atoms with Crippen LogP contribution in [0.3, 0.4) is 0 Å². The highest BCUT2D eigenvalue weighted by Gasteiger charge is 2.07. The van der Waals surface area contributed by atoms with Gasteiger partial charge in [0.25, 0.3) is 0 Å². The molecular formula is C10H13NOS. The van der Waals surface area contributed by atoms with Gasteiger partial charge in [-0.2, -0.15) is 0 Å². The normalized spacial score (nSPS) is 9.77. The summed E-state index contributed by atoms with van der Waals surface area (Å²) in [7, 11) is 1.65. The van der Waals surface area contributed by atoms with Crippen LogP contribution < -0.4 is 10.5 Å². The van der Waals surface area contributed by atoms with E-state index in [1.807, 2.05) is 26.0 Å². The lowest BCUT2D eigenvalue weighted by Crippen LogP contribution is -2.13. The van der Waals surface area contributed by atoms with Gasteiger partial charge in [0.05, 0.1) is 7.11 Å². The van der Waals surface area contributed by atoms with Gasteiger partial charge in [-0.1, -0.05) is 12.2 Å². The van der Waals surface area contributed by atoms with E-state index in [9.17, 15) is 0 Å². The zero-order chi connectivity index (χ0) is 10.0. The number of rotatable bonds is 2. The van der Waals surface area contributed by atoms with Crippen molar-refractivity contribution >= 4 is 17.2 Å². The highest BCUT2D eigenvalue weighted by atomic mass is 32.1. The third-order valence-electron chi connectivity index (χ3n) is 1.99. The van der Waals surface area contributed by atoms with Crippen LogP contribution in [0.5, 0.6) is 5.75 Å². The Balaban J connectivity index is 3.31. The molecule has 0 fully saturated rings. The molecular weight excluding hydrogens is 182 g/mol. The molecule has 1 rings (SSSR count). The van der Waals surface area contributed by atoms with Crippen LogP contribution in [-0.4, -0.2) is 12.1 Å². The molecule has 0 unspecified atom stereocenters. The lowest BCUT2D eigenvalue weighted by Gasteiger charge is -2.10. The van der Waals surface area contributed by atoms with Gasteiger partial charge in [0, 0.05) is 5.56 Å². The first-order valence-corrected chi connectivity index (χ1v) is 4.42. The summed E-state index contributed by atoms with van der Waals surface area (Å²) in [6.07, 6.45) is 0. The molecule has 70 valence electrons. The van der Waals surface area contributed by atoms with Crippen LogP contribution in [0, 0.1) is 13.8 Å². The molecule has 0 radical (unpaired) electrons. The molecule has 0 bridgehead atoms. The van der Waals surface area contributed by atoms with E-state index in [0.29, 0.717) is 4.99 Å². The fourth-order valence-electron chi connectivity index (χ4n) is 1.43. The van der Waals surface area contributed by atoms with Crippen molar-refractivity contribution in [2.24, 2.45) is 5.73 Å². The lowest BCUT2D eigenvalue weighted by molar-refractivity contribution is 0.414. The van der Waals surface area contributed by atoms with Crippen molar-refractivity contribution in [2.75, 3.05) is 7.11 Å². The molecule has 0 heterocycles. The molecule has 0 aliphatic rings. The van der Waals surface area contributed by atoms with E-state index in [4.69, 9.17) is 22.7 Å². The Morgan fingerprint density at radius 3 is 2.08 bits per heavy atom. The van der Waals surface area contributed by atoms with Crippen LogP contribution in [0.4, 0.5) is 0 Å². The molecule has 0 saturated carbocycles. The van der Waals surface area contributed by atoms with Gasteiger partial charge in [-0.15, -0.1) is 0 Å². The molecule has 13 heavy (non-hydrogen) atoms. The summed E-state index contributed by atoms with van der Waals surface area (Å²) in [4.78, 5) is 0.442. The van der Waals surface area contributed by atoms with Gasteiger partial charge in [0.2, 0.25) is 0 Å². The molecule has 2 nitrogen and oxygen atoms in total. The summed E-state index contributed by atoms with van der Waals surface area (Å²) in [5, 5.41) is 0. The van der Waals surface area contributed by atoms with Gasteiger partial charge in [0.15, 0.2) is 0 Å². The van der Waals surface area contributed by atoms with Crippen molar-refractivity contribution < 1.29 is 4.74 Å². The summed E-state index contributed by atoms with van der Waals surface area (Å²) in [6, 6.07) is 3.86. The Morgan fingerprint density at radius 1 is 1.31 bits per heavy atom. The minimum Gasteiger partial charge on any atom is -0.497 e. The second-order valence-electron chi connectivity index (χ2n) is 3.00. The van der Waals surface area contributed by atoms with E-state index in [-0.39, 0.29) is 0 Å². The third-order valence-corrected chi connectivity index (χ3v) is 2.19. The largest absolute Gasteiger partial charge is 0.497 e. The van der Waals surface area contributed by atoms with E-state index in [2.05, 4.69) is 0 Å². The molecule has 1 aromatic carbocycles. The third kappa shape index (κ3) is 1.98. The fourth-order valence-corrected chi connectivity index (χ4v) is 1.75. The van der Waals surface area contributed by atoms with Crippen LogP contribution in [-0.2, 0) is 0 Å². The standard InChI is InChI=1S/C10H13NOS/c1-6-4-8(12-3)5-7(2)9(6)10(11)13/h4-5H,1-3H3,(H2,11,13). The maximum atomic E-state index is 5.60. The lowest BCUT2D eigenvalue weighted by atomic mass is 10.0. The molecule has 0 spiro atoms. The molecule has 1 aromatic rings. The van der Waals surface area contributed by atoms with E-state index in [1.54, 1.807) is 7.11 Å². The van der Waals surface area contributed by atoms with Gasteiger partial charge < -0.3 is 10.5 Å². The second kappa shape index (κ2) is 3.75. The zero-order valence-electron chi connectivity index (χ0n) is 8.05. The average molecular weight is 195 g/mol. The minimum atomic E-state index is 0.442. The maximum absolute atomic E-state index is 5.60. The van der Waals surface area contributed by atoms with Crippen LogP contribution in [0.15, 0.2) is 12.1 Å². The summed E-state index contributed by atoms with van der Waals surface area (Å²) in [5.74, 6) is 0.843. The van der Waals surface area contributed by atoms with Crippen LogP contribution >= 0.6 is 12.2 Å². The number of benzene rings is 1. The van der Waals surface area contributed by atoms with E-state index >= 15 is 0 Å². The molecule has 0 saturated heterocycles. The first-order valence-electron chi connectivity index (χ1n) is 4.01. The predicted octanol–water partition coefficient (Wildman–Crippen LogP) is 1.95. The number of methoxy groups -OCH3 is 1. The van der Waals surface area contributed by atoms with Crippen molar-refractivity contribution in [2.45, 2.75) is 13.8 Å². The van der Waals surface area contributed by atoms with E-state index in [1.165, 1.54) is 0 Å². The molecule has 2 N–H and O–H groups in total. The van der Waals surface area contributed by atoms with Crippen molar-refractivity contribution in [1.29, 1.82) is 0 Å².